The van der Waals surface area contributed by atoms with Crippen molar-refractivity contribution in [2.75, 3.05) is 24.5 Å². The monoisotopic (exact) mass is 261 g/mol. The molecule has 4 heteroatoms. The lowest BCUT2D eigenvalue weighted by Crippen LogP contribution is -2.50. The third-order valence-electron chi connectivity index (χ3n) is 3.56. The maximum atomic E-state index is 13.3. The summed E-state index contributed by atoms with van der Waals surface area (Å²) < 4.78 is 13.3. The van der Waals surface area contributed by atoms with E-state index in [1.165, 1.54) is 6.07 Å². The Bertz CT molecular complexity index is 495. The third-order valence-corrected chi connectivity index (χ3v) is 3.56. The van der Waals surface area contributed by atoms with Crippen molar-refractivity contribution < 1.29 is 4.39 Å². The fourth-order valence-electron chi connectivity index (χ4n) is 2.50. The quantitative estimate of drug-likeness (QED) is 0.885. The minimum absolute atomic E-state index is 0.217. The molecule has 0 spiro atoms. The average Bonchev–Trinajstić information content (AvgIpc) is 2.79. The van der Waals surface area contributed by atoms with Gasteiger partial charge in [0.15, 0.2) is 0 Å². The molecule has 0 saturated carbocycles. The largest absolute Gasteiger partial charge is 0.368 e. The Balaban J connectivity index is 2.13. The Hall–Kier alpha value is -1.60. The molecule has 1 aromatic carbocycles. The van der Waals surface area contributed by atoms with Gasteiger partial charge in [-0.25, -0.2) is 4.39 Å². The summed E-state index contributed by atoms with van der Waals surface area (Å²) in [6, 6.07) is 7.25. The van der Waals surface area contributed by atoms with Gasteiger partial charge in [-0.05, 0) is 44.0 Å². The van der Waals surface area contributed by atoms with Gasteiger partial charge in [-0.15, -0.1) is 0 Å². The predicted octanol–water partition coefficient (Wildman–Crippen LogP) is 2.47. The molecule has 1 N–H and O–H groups in total. The van der Waals surface area contributed by atoms with E-state index in [1.54, 1.807) is 6.07 Å². The number of hydrogen-bond donors (Lipinski definition) is 1. The first kappa shape index (κ1) is 13.8. The van der Waals surface area contributed by atoms with E-state index in [0.717, 1.165) is 37.2 Å². The van der Waals surface area contributed by atoms with Gasteiger partial charge in [0.2, 0.25) is 0 Å². The smallest absolute Gasteiger partial charge is 0.125 e. The second-order valence-corrected chi connectivity index (χ2v) is 5.32. The van der Waals surface area contributed by atoms with Crippen molar-refractivity contribution in [3.63, 3.8) is 0 Å². The van der Waals surface area contributed by atoms with Crippen molar-refractivity contribution in [2.45, 2.75) is 32.2 Å². The van der Waals surface area contributed by atoms with Crippen molar-refractivity contribution in [2.24, 2.45) is 0 Å². The average molecular weight is 261 g/mol. The molecule has 1 aliphatic heterocycles. The molecule has 0 aromatic heterocycles. The van der Waals surface area contributed by atoms with E-state index in [1.807, 2.05) is 13.0 Å². The van der Waals surface area contributed by atoms with Crippen LogP contribution in [-0.2, 0) is 6.42 Å². The lowest BCUT2D eigenvalue weighted by Gasteiger charge is -2.30. The van der Waals surface area contributed by atoms with Crippen LogP contribution in [0.3, 0.4) is 0 Å². The van der Waals surface area contributed by atoms with Gasteiger partial charge in [-0.3, -0.25) is 5.32 Å². The van der Waals surface area contributed by atoms with Crippen LogP contribution in [0.5, 0.6) is 0 Å². The molecule has 1 aliphatic rings. The summed E-state index contributed by atoms with van der Waals surface area (Å²) in [5.41, 5.74) is 1.50. The molecule has 0 fully saturated rings. The van der Waals surface area contributed by atoms with E-state index in [4.69, 9.17) is 0 Å². The van der Waals surface area contributed by atoms with Gasteiger partial charge in [0, 0.05) is 18.8 Å². The fraction of sp³-hybridized carbons (Fsp3) is 0.533. The highest BCUT2D eigenvalue weighted by atomic mass is 19.1. The molecule has 102 valence electrons. The van der Waals surface area contributed by atoms with Crippen LogP contribution in [0, 0.1) is 17.1 Å². The van der Waals surface area contributed by atoms with Crippen LogP contribution in [-0.4, -0.2) is 25.2 Å². The lowest BCUT2D eigenvalue weighted by molar-refractivity contribution is 0.445. The van der Waals surface area contributed by atoms with Crippen molar-refractivity contribution in [3.8, 4) is 6.07 Å². The van der Waals surface area contributed by atoms with Crippen molar-refractivity contribution in [1.82, 2.24) is 5.32 Å². The highest BCUT2D eigenvalue weighted by molar-refractivity contribution is 5.58. The summed E-state index contributed by atoms with van der Waals surface area (Å²) >= 11 is 0. The summed E-state index contributed by atoms with van der Waals surface area (Å²) in [5, 5.41) is 12.6. The summed E-state index contributed by atoms with van der Waals surface area (Å²) in [7, 11) is 0. The number of hydrogen-bond acceptors (Lipinski definition) is 3. The van der Waals surface area contributed by atoms with Gasteiger partial charge in [-0.1, -0.05) is 13.0 Å². The van der Waals surface area contributed by atoms with E-state index in [0.29, 0.717) is 6.54 Å². The van der Waals surface area contributed by atoms with Gasteiger partial charge in [-0.2, -0.15) is 5.26 Å². The Morgan fingerprint density at radius 3 is 3.00 bits per heavy atom. The SMILES string of the molecule is CCCNC(C)(C#N)CN1CCc2ccc(F)cc21. The third kappa shape index (κ3) is 3.05. The summed E-state index contributed by atoms with van der Waals surface area (Å²) in [5.74, 6) is -0.217. The molecule has 1 aromatic rings. The first-order valence-corrected chi connectivity index (χ1v) is 6.77. The minimum atomic E-state index is -0.593. The molecule has 3 nitrogen and oxygen atoms in total. The molecule has 1 heterocycles. The van der Waals surface area contributed by atoms with E-state index in [9.17, 15) is 9.65 Å². The zero-order valence-electron chi connectivity index (χ0n) is 11.5. The second kappa shape index (κ2) is 5.58. The Kier molecular flexibility index (Phi) is 4.06. The van der Waals surface area contributed by atoms with Gasteiger partial charge >= 0.3 is 0 Å². The van der Waals surface area contributed by atoms with Crippen LogP contribution in [0.25, 0.3) is 0 Å². The van der Waals surface area contributed by atoms with Crippen molar-refractivity contribution in [1.29, 1.82) is 5.26 Å². The number of rotatable bonds is 5. The number of nitrogens with zero attached hydrogens (tertiary/aromatic N) is 2. The lowest BCUT2D eigenvalue weighted by atomic mass is 10.0. The Labute approximate surface area is 114 Å². The van der Waals surface area contributed by atoms with Crippen LogP contribution >= 0.6 is 0 Å². The number of nitriles is 1. The normalized spacial score (nSPS) is 16.8. The maximum absolute atomic E-state index is 13.3. The number of nitrogens with one attached hydrogen (secondary N) is 1. The van der Waals surface area contributed by atoms with Crippen LogP contribution in [0.15, 0.2) is 18.2 Å². The van der Waals surface area contributed by atoms with Crippen molar-refractivity contribution in [3.05, 3.63) is 29.6 Å². The van der Waals surface area contributed by atoms with E-state index < -0.39 is 5.54 Å². The predicted molar refractivity (Wildman–Crippen MR) is 74.6 cm³/mol. The minimum Gasteiger partial charge on any atom is -0.368 e. The van der Waals surface area contributed by atoms with Gasteiger partial charge in [0.1, 0.15) is 11.4 Å². The van der Waals surface area contributed by atoms with Gasteiger partial charge in [0.25, 0.3) is 0 Å². The maximum Gasteiger partial charge on any atom is 0.125 e. The molecule has 2 rings (SSSR count). The molecule has 0 saturated heterocycles. The highest BCUT2D eigenvalue weighted by Gasteiger charge is 2.29. The molecule has 0 radical (unpaired) electrons. The van der Waals surface area contributed by atoms with Crippen molar-refractivity contribution >= 4 is 5.69 Å². The van der Waals surface area contributed by atoms with Crippen LogP contribution in [0.2, 0.25) is 0 Å². The zero-order chi connectivity index (χ0) is 13.9. The van der Waals surface area contributed by atoms with Crippen LogP contribution in [0.4, 0.5) is 10.1 Å². The molecule has 19 heavy (non-hydrogen) atoms. The van der Waals surface area contributed by atoms with Gasteiger partial charge in [0.05, 0.1) is 6.07 Å². The first-order valence-electron chi connectivity index (χ1n) is 6.77. The topological polar surface area (TPSA) is 39.1 Å². The summed E-state index contributed by atoms with van der Waals surface area (Å²) in [4.78, 5) is 2.10. The molecule has 0 aliphatic carbocycles. The van der Waals surface area contributed by atoms with E-state index >= 15 is 0 Å². The molecule has 0 bridgehead atoms. The number of benzene rings is 1. The number of anilines is 1. The second-order valence-electron chi connectivity index (χ2n) is 5.32. The first-order chi connectivity index (χ1) is 9.08. The zero-order valence-corrected chi connectivity index (χ0v) is 11.5. The Morgan fingerprint density at radius 2 is 2.32 bits per heavy atom. The number of halogens is 1. The molecule has 1 unspecified atom stereocenters. The summed E-state index contributed by atoms with van der Waals surface area (Å²) in [6.45, 7) is 6.23. The van der Waals surface area contributed by atoms with Gasteiger partial charge < -0.3 is 4.90 Å². The fourth-order valence-corrected chi connectivity index (χ4v) is 2.50. The van der Waals surface area contributed by atoms with Crippen LogP contribution < -0.4 is 10.2 Å². The molecular formula is C15H20FN3. The number of fused-ring (bicyclic) bond motifs is 1. The molecule has 0 amide bonds. The van der Waals surface area contributed by atoms with E-state index in [-0.39, 0.29) is 5.82 Å². The molecular weight excluding hydrogens is 241 g/mol. The summed E-state index contributed by atoms with van der Waals surface area (Å²) in [6.07, 6.45) is 1.91. The van der Waals surface area contributed by atoms with E-state index in [2.05, 4.69) is 23.2 Å². The molecule has 1 atom stereocenters. The highest BCUT2D eigenvalue weighted by Crippen LogP contribution is 2.29. The van der Waals surface area contributed by atoms with Crippen LogP contribution in [0.1, 0.15) is 25.8 Å². The Morgan fingerprint density at radius 1 is 1.53 bits per heavy atom. The standard InChI is InChI=1S/C15H20FN3/c1-3-7-18-15(2,10-17)11-19-8-6-12-4-5-13(16)9-14(12)19/h4-5,9,18H,3,6-8,11H2,1-2H3.